The molecule has 3 aromatic carbocycles. The van der Waals surface area contributed by atoms with Gasteiger partial charge in [0, 0.05) is 25.2 Å². The van der Waals surface area contributed by atoms with Crippen LogP contribution in [-0.4, -0.2) is 54.4 Å². The van der Waals surface area contributed by atoms with Gasteiger partial charge in [0.2, 0.25) is 15.9 Å². The first-order valence-electron chi connectivity index (χ1n) is 12.6. The molecule has 1 aliphatic heterocycles. The van der Waals surface area contributed by atoms with Gasteiger partial charge in [-0.15, -0.1) is 0 Å². The summed E-state index contributed by atoms with van der Waals surface area (Å²) in [6, 6.07) is 17.1. The third-order valence-corrected chi connectivity index (χ3v) is 9.67. The van der Waals surface area contributed by atoms with Crippen LogP contribution in [0.5, 0.6) is 11.5 Å². The van der Waals surface area contributed by atoms with E-state index in [2.05, 4.69) is 10.0 Å². The molecule has 12 heteroatoms. The first kappa shape index (κ1) is 29.1. The number of sulfonamides is 2. The fraction of sp³-hybridized carbons (Fsp3) is 0.250. The highest BCUT2D eigenvalue weighted by atomic mass is 32.2. The minimum atomic E-state index is -3.87. The molecule has 0 bridgehead atoms. The minimum absolute atomic E-state index is 0.0331. The van der Waals surface area contributed by atoms with Crippen LogP contribution in [0.1, 0.15) is 24.8 Å². The maximum atomic E-state index is 13.3. The Labute approximate surface area is 234 Å². The molecule has 4 rings (SSSR count). The number of benzene rings is 3. The van der Waals surface area contributed by atoms with Crippen molar-refractivity contribution in [2.24, 2.45) is 0 Å². The number of hydrogen-bond donors (Lipinski definition) is 2. The van der Waals surface area contributed by atoms with E-state index in [1.165, 1.54) is 54.9 Å². The molecule has 2 N–H and O–H groups in total. The van der Waals surface area contributed by atoms with Crippen molar-refractivity contribution >= 4 is 43.4 Å². The van der Waals surface area contributed by atoms with Crippen molar-refractivity contribution in [3.63, 3.8) is 0 Å². The number of ether oxygens (including phenoxy) is 2. The first-order chi connectivity index (χ1) is 19.1. The number of rotatable bonds is 10. The average molecular weight is 586 g/mol. The quantitative estimate of drug-likeness (QED) is 0.339. The Hall–Kier alpha value is -3.87. The summed E-state index contributed by atoms with van der Waals surface area (Å²) in [5, 5.41) is 2.65. The Morgan fingerprint density at radius 3 is 2.23 bits per heavy atom. The third-order valence-electron chi connectivity index (χ3n) is 6.35. The number of hydrogen-bond acceptors (Lipinski definition) is 7. The van der Waals surface area contributed by atoms with E-state index in [4.69, 9.17) is 9.47 Å². The van der Waals surface area contributed by atoms with Crippen molar-refractivity contribution in [3.8, 4) is 11.5 Å². The Kier molecular flexibility index (Phi) is 9.13. The predicted molar refractivity (Wildman–Crippen MR) is 154 cm³/mol. The van der Waals surface area contributed by atoms with Gasteiger partial charge in [-0.3, -0.25) is 9.52 Å². The molecular formula is C28H31N3O7S2. The predicted octanol–water partition coefficient (Wildman–Crippen LogP) is 4.33. The van der Waals surface area contributed by atoms with Crippen molar-refractivity contribution in [3.05, 3.63) is 78.4 Å². The van der Waals surface area contributed by atoms with Gasteiger partial charge in [-0.25, -0.2) is 16.8 Å². The molecule has 40 heavy (non-hydrogen) atoms. The van der Waals surface area contributed by atoms with Crippen LogP contribution in [0.15, 0.2) is 82.6 Å². The SMILES string of the molecule is COc1ccc(NC(=O)/C=C/c2ccc(S(=O)(=O)Nc3ccccc3OC)cc2)c(S(=O)(=O)N2CCCCC2)c1. The normalized spacial score (nSPS) is 14.6. The molecule has 1 heterocycles. The lowest BCUT2D eigenvalue weighted by Crippen LogP contribution is -2.36. The number of carbonyl (C=O) groups is 1. The van der Waals surface area contributed by atoms with Crippen LogP contribution in [0.4, 0.5) is 11.4 Å². The molecule has 0 radical (unpaired) electrons. The molecule has 0 spiro atoms. The highest BCUT2D eigenvalue weighted by Crippen LogP contribution is 2.31. The summed E-state index contributed by atoms with van der Waals surface area (Å²) in [5.74, 6) is 0.203. The maximum absolute atomic E-state index is 13.3. The number of para-hydroxylation sites is 2. The van der Waals surface area contributed by atoms with Crippen molar-refractivity contribution in [1.82, 2.24) is 4.31 Å². The Bertz CT molecular complexity index is 1600. The zero-order valence-electron chi connectivity index (χ0n) is 22.2. The van der Waals surface area contributed by atoms with Crippen molar-refractivity contribution in [2.75, 3.05) is 37.3 Å². The number of piperidine rings is 1. The van der Waals surface area contributed by atoms with Crippen LogP contribution in [0.25, 0.3) is 6.08 Å². The second kappa shape index (κ2) is 12.5. The van der Waals surface area contributed by atoms with Gasteiger partial charge < -0.3 is 14.8 Å². The summed E-state index contributed by atoms with van der Waals surface area (Å²) >= 11 is 0. The van der Waals surface area contributed by atoms with Crippen LogP contribution in [0.2, 0.25) is 0 Å². The van der Waals surface area contributed by atoms with Gasteiger partial charge in [0.05, 0.1) is 30.5 Å². The third kappa shape index (κ3) is 6.82. The van der Waals surface area contributed by atoms with Crippen LogP contribution in [0.3, 0.4) is 0 Å². The van der Waals surface area contributed by atoms with Gasteiger partial charge in [0.15, 0.2) is 0 Å². The molecule has 0 atom stereocenters. The molecule has 0 aliphatic carbocycles. The number of methoxy groups -OCH3 is 2. The number of carbonyl (C=O) groups excluding carboxylic acids is 1. The van der Waals surface area contributed by atoms with E-state index in [1.807, 2.05) is 0 Å². The molecular weight excluding hydrogens is 554 g/mol. The van der Waals surface area contributed by atoms with Gasteiger partial charge in [0.25, 0.3) is 10.0 Å². The lowest BCUT2D eigenvalue weighted by molar-refractivity contribution is -0.111. The van der Waals surface area contributed by atoms with E-state index in [1.54, 1.807) is 42.5 Å². The lowest BCUT2D eigenvalue weighted by Gasteiger charge is -2.27. The van der Waals surface area contributed by atoms with E-state index in [9.17, 15) is 21.6 Å². The topological polar surface area (TPSA) is 131 Å². The zero-order valence-corrected chi connectivity index (χ0v) is 23.8. The second-order valence-electron chi connectivity index (χ2n) is 9.02. The maximum Gasteiger partial charge on any atom is 0.262 e. The summed E-state index contributed by atoms with van der Waals surface area (Å²) in [5.41, 5.74) is 1.03. The van der Waals surface area contributed by atoms with Crippen LogP contribution < -0.4 is 19.5 Å². The highest BCUT2D eigenvalue weighted by Gasteiger charge is 2.29. The monoisotopic (exact) mass is 585 g/mol. The van der Waals surface area contributed by atoms with E-state index in [0.29, 0.717) is 35.8 Å². The molecule has 1 aliphatic rings. The molecule has 10 nitrogen and oxygen atoms in total. The van der Waals surface area contributed by atoms with Gasteiger partial charge in [0.1, 0.15) is 16.4 Å². The van der Waals surface area contributed by atoms with Gasteiger partial charge >= 0.3 is 0 Å². The number of amides is 1. The summed E-state index contributed by atoms with van der Waals surface area (Å²) in [7, 11) is -4.82. The molecule has 1 fully saturated rings. The number of anilines is 2. The van der Waals surface area contributed by atoms with Crippen molar-refractivity contribution < 1.29 is 31.1 Å². The second-order valence-corrected chi connectivity index (χ2v) is 12.6. The van der Waals surface area contributed by atoms with Crippen molar-refractivity contribution in [2.45, 2.75) is 29.1 Å². The number of nitrogens with one attached hydrogen (secondary N) is 2. The van der Waals surface area contributed by atoms with Gasteiger partial charge in [-0.1, -0.05) is 30.7 Å². The molecule has 3 aromatic rings. The van der Waals surface area contributed by atoms with E-state index >= 15 is 0 Å². The average Bonchev–Trinajstić information content (AvgIpc) is 2.97. The highest BCUT2D eigenvalue weighted by molar-refractivity contribution is 7.92. The largest absolute Gasteiger partial charge is 0.497 e. The summed E-state index contributed by atoms with van der Waals surface area (Å²) in [4.78, 5) is 12.7. The van der Waals surface area contributed by atoms with Gasteiger partial charge in [-0.2, -0.15) is 4.31 Å². The molecule has 1 saturated heterocycles. The zero-order chi connectivity index (χ0) is 28.8. The lowest BCUT2D eigenvalue weighted by atomic mass is 10.2. The van der Waals surface area contributed by atoms with E-state index in [-0.39, 0.29) is 15.5 Å². The van der Waals surface area contributed by atoms with Crippen LogP contribution in [0, 0.1) is 0 Å². The Morgan fingerprint density at radius 1 is 0.850 bits per heavy atom. The molecule has 1 amide bonds. The fourth-order valence-corrected chi connectivity index (χ4v) is 6.98. The van der Waals surface area contributed by atoms with Gasteiger partial charge in [-0.05, 0) is 60.9 Å². The Morgan fingerprint density at radius 2 is 1.55 bits per heavy atom. The Balaban J connectivity index is 1.48. The van der Waals surface area contributed by atoms with Crippen LogP contribution in [-0.2, 0) is 24.8 Å². The molecule has 0 saturated carbocycles. The standard InChI is InChI=1S/C28H31N3O7S2/c1-37-22-13-16-25(27(20-22)40(35,36)31-18-6-3-7-19-31)29-28(32)17-12-21-10-14-23(15-11-21)39(33,34)30-24-8-4-5-9-26(24)38-2/h4-5,8-17,20,30H,3,6-7,18-19H2,1-2H3,(H,29,32)/b17-12+. The first-order valence-corrected chi connectivity index (χ1v) is 15.5. The minimum Gasteiger partial charge on any atom is -0.497 e. The fourth-order valence-electron chi connectivity index (χ4n) is 4.23. The number of nitrogens with zero attached hydrogens (tertiary/aromatic N) is 1. The summed E-state index contributed by atoms with van der Waals surface area (Å²) in [6.07, 6.45) is 5.29. The summed E-state index contributed by atoms with van der Waals surface area (Å²) < 4.78 is 66.7. The summed E-state index contributed by atoms with van der Waals surface area (Å²) in [6.45, 7) is 0.847. The van der Waals surface area contributed by atoms with E-state index < -0.39 is 26.0 Å². The smallest absolute Gasteiger partial charge is 0.262 e. The van der Waals surface area contributed by atoms with Crippen LogP contribution >= 0.6 is 0 Å². The van der Waals surface area contributed by atoms with Crippen molar-refractivity contribution in [1.29, 1.82) is 0 Å². The van der Waals surface area contributed by atoms with E-state index in [0.717, 1.165) is 19.3 Å². The molecule has 212 valence electrons. The molecule has 0 aromatic heterocycles. The molecule has 0 unspecified atom stereocenters.